The zero-order valence-corrected chi connectivity index (χ0v) is 30.5. The number of nitrogens with zero attached hydrogens (tertiary/aromatic N) is 6. The quantitative estimate of drug-likeness (QED) is 0.110. The second-order valence-electron chi connectivity index (χ2n) is 13.5. The maximum Gasteiger partial charge on any atom is 0.408 e. The number of hydrogen-bond acceptors (Lipinski definition) is 9. The van der Waals surface area contributed by atoms with Gasteiger partial charge in [0.2, 0.25) is 0 Å². The Labute approximate surface area is 311 Å². The third-order valence-electron chi connectivity index (χ3n) is 8.14. The standard InChI is InChI=1S/C24H28N2O3.C18H18N6/c1-24(2,3)29-23(28)26-21(22(27)11-7-8-16-25)17-18-12-14-20(15-13-18)19-9-5-4-6-10-19;19-11-4-12-24-18(21-22-23-24)17(20)13-14-7-9-16(10-8-14)15-5-2-1-3-6-15/h4-6,9-10,12-15,21H,7-8,11,17H2,1-3H3,(H,26,28);1-3,5-10,17H,4,12-13,20H2/t21-;17-/m00/s1. The Hall–Kier alpha value is -6.17. The molecule has 0 fully saturated rings. The van der Waals surface area contributed by atoms with Crippen LogP contribution in [0.3, 0.4) is 0 Å². The molecule has 1 heterocycles. The topological polar surface area (TPSA) is 173 Å². The van der Waals surface area contributed by atoms with Gasteiger partial charge in [-0.1, -0.05) is 109 Å². The van der Waals surface area contributed by atoms with Crippen LogP contribution in [0.4, 0.5) is 4.79 Å². The molecule has 0 aliphatic rings. The minimum atomic E-state index is -0.689. The molecule has 5 rings (SSSR count). The number of ether oxygens (including phenoxy) is 1. The fraction of sp³-hybridized carbons (Fsp3) is 0.310. The van der Waals surface area contributed by atoms with E-state index in [-0.39, 0.29) is 18.2 Å². The van der Waals surface area contributed by atoms with Crippen molar-refractivity contribution >= 4 is 11.9 Å². The summed E-state index contributed by atoms with van der Waals surface area (Å²) in [6, 6.07) is 39.7. The van der Waals surface area contributed by atoms with Crippen LogP contribution in [0.2, 0.25) is 0 Å². The number of ketones is 1. The van der Waals surface area contributed by atoms with Crippen LogP contribution in [0.5, 0.6) is 0 Å². The van der Waals surface area contributed by atoms with Gasteiger partial charge in [0.05, 0.1) is 37.2 Å². The summed E-state index contributed by atoms with van der Waals surface area (Å²) in [4.78, 5) is 24.8. The van der Waals surface area contributed by atoms with E-state index in [0.717, 1.165) is 22.3 Å². The number of aryl methyl sites for hydroxylation is 1. The first kappa shape index (κ1) is 39.6. The second kappa shape index (κ2) is 20.0. The highest BCUT2D eigenvalue weighted by Crippen LogP contribution is 2.22. The Morgan fingerprint density at radius 3 is 1.79 bits per heavy atom. The van der Waals surface area contributed by atoms with Gasteiger partial charge < -0.3 is 15.8 Å². The van der Waals surface area contributed by atoms with E-state index < -0.39 is 17.7 Å². The lowest BCUT2D eigenvalue weighted by molar-refractivity contribution is -0.121. The van der Waals surface area contributed by atoms with E-state index in [1.54, 1.807) is 25.5 Å². The van der Waals surface area contributed by atoms with E-state index in [2.05, 4.69) is 63.3 Å². The number of carbonyl (C=O) groups is 2. The lowest BCUT2D eigenvalue weighted by Gasteiger charge is -2.23. The lowest BCUT2D eigenvalue weighted by atomic mass is 9.97. The molecule has 0 radical (unpaired) electrons. The number of Topliss-reactive ketones (excluding diaryl/α,β-unsaturated/α-hetero) is 1. The van der Waals surface area contributed by atoms with Gasteiger partial charge in [-0.2, -0.15) is 10.5 Å². The molecule has 53 heavy (non-hydrogen) atoms. The van der Waals surface area contributed by atoms with Gasteiger partial charge >= 0.3 is 6.09 Å². The van der Waals surface area contributed by atoms with Crippen molar-refractivity contribution in [2.45, 2.75) is 83.5 Å². The molecular formula is C42H46N8O3. The third-order valence-corrected chi connectivity index (χ3v) is 8.14. The minimum absolute atomic E-state index is 0.0988. The van der Waals surface area contributed by atoms with Crippen molar-refractivity contribution in [3.63, 3.8) is 0 Å². The van der Waals surface area contributed by atoms with Crippen LogP contribution in [0.25, 0.3) is 22.3 Å². The summed E-state index contributed by atoms with van der Waals surface area (Å²) in [5.41, 5.74) is 12.2. The van der Waals surface area contributed by atoms with Gasteiger partial charge in [-0.25, -0.2) is 9.48 Å². The van der Waals surface area contributed by atoms with E-state index in [4.69, 9.17) is 21.0 Å². The molecule has 0 aliphatic heterocycles. The number of tetrazole rings is 1. The molecule has 0 saturated heterocycles. The molecule has 1 amide bonds. The lowest BCUT2D eigenvalue weighted by Crippen LogP contribution is -2.44. The fourth-order valence-electron chi connectivity index (χ4n) is 5.51. The number of nitrogens with one attached hydrogen (secondary N) is 1. The highest BCUT2D eigenvalue weighted by atomic mass is 16.6. The summed E-state index contributed by atoms with van der Waals surface area (Å²) < 4.78 is 6.91. The number of nitrogens with two attached hydrogens (primary N) is 1. The Morgan fingerprint density at radius 2 is 1.28 bits per heavy atom. The first-order valence-electron chi connectivity index (χ1n) is 17.6. The Balaban J connectivity index is 0.000000240. The molecule has 11 nitrogen and oxygen atoms in total. The summed E-state index contributed by atoms with van der Waals surface area (Å²) in [6.07, 6.45) is 1.80. The number of aromatic nitrogens is 4. The van der Waals surface area contributed by atoms with Crippen LogP contribution in [-0.2, 0) is 28.9 Å². The predicted molar refractivity (Wildman–Crippen MR) is 204 cm³/mol. The van der Waals surface area contributed by atoms with Crippen molar-refractivity contribution < 1.29 is 14.3 Å². The second-order valence-corrected chi connectivity index (χ2v) is 13.5. The number of unbranched alkanes of at least 4 members (excludes halogenated alkanes) is 1. The van der Waals surface area contributed by atoms with E-state index in [1.165, 1.54) is 11.1 Å². The van der Waals surface area contributed by atoms with Crippen LogP contribution >= 0.6 is 0 Å². The highest BCUT2D eigenvalue weighted by Gasteiger charge is 2.24. The van der Waals surface area contributed by atoms with Gasteiger partial charge in [0, 0.05) is 12.8 Å². The Kier molecular flexibility index (Phi) is 15.0. The van der Waals surface area contributed by atoms with Gasteiger partial charge in [0.25, 0.3) is 0 Å². The number of alkyl carbamates (subject to hydrolysis) is 1. The number of amides is 1. The maximum atomic E-state index is 12.6. The van der Waals surface area contributed by atoms with E-state index >= 15 is 0 Å². The van der Waals surface area contributed by atoms with Gasteiger partial charge in [-0.3, -0.25) is 4.79 Å². The van der Waals surface area contributed by atoms with Crippen molar-refractivity contribution in [2.75, 3.05) is 0 Å². The number of carbonyl (C=O) groups excluding carboxylic acids is 2. The molecule has 3 N–H and O–H groups in total. The van der Waals surface area contributed by atoms with Gasteiger partial charge in [-0.15, -0.1) is 5.10 Å². The molecule has 2 atom stereocenters. The van der Waals surface area contributed by atoms with Crippen molar-refractivity contribution in [3.05, 3.63) is 126 Å². The number of benzene rings is 4. The van der Waals surface area contributed by atoms with Crippen LogP contribution < -0.4 is 11.1 Å². The monoisotopic (exact) mass is 710 g/mol. The van der Waals surface area contributed by atoms with Crippen molar-refractivity contribution in [1.29, 1.82) is 10.5 Å². The molecule has 0 unspecified atom stereocenters. The van der Waals surface area contributed by atoms with Crippen molar-refractivity contribution in [2.24, 2.45) is 5.73 Å². The molecule has 272 valence electrons. The fourth-order valence-corrected chi connectivity index (χ4v) is 5.51. The molecular weight excluding hydrogens is 665 g/mol. The van der Waals surface area contributed by atoms with E-state index in [1.807, 2.05) is 78.9 Å². The molecule has 0 spiro atoms. The maximum absolute atomic E-state index is 12.6. The van der Waals surface area contributed by atoms with Gasteiger partial charge in [0.1, 0.15) is 5.60 Å². The molecule has 4 aromatic carbocycles. The normalized spacial score (nSPS) is 11.9. The Bertz CT molecular complexity index is 1960. The number of hydrogen-bond donors (Lipinski definition) is 2. The first-order chi connectivity index (χ1) is 25.6. The third kappa shape index (κ3) is 13.1. The van der Waals surface area contributed by atoms with E-state index in [9.17, 15) is 9.59 Å². The SMILES string of the molecule is CC(C)(C)OC(=O)N[C@@H](Cc1ccc(-c2ccccc2)cc1)C(=O)CCCC#N.N#CCCn1nnnc1[C@@H](N)Cc1ccc(-c2ccccc2)cc1. The summed E-state index contributed by atoms with van der Waals surface area (Å²) in [6.45, 7) is 5.79. The molecule has 0 bridgehead atoms. The first-order valence-corrected chi connectivity index (χ1v) is 17.6. The summed E-state index contributed by atoms with van der Waals surface area (Å²) >= 11 is 0. The largest absolute Gasteiger partial charge is 0.444 e. The van der Waals surface area contributed by atoms with E-state index in [0.29, 0.717) is 44.5 Å². The Morgan fingerprint density at radius 1 is 0.774 bits per heavy atom. The molecule has 1 aromatic heterocycles. The summed E-state index contributed by atoms with van der Waals surface area (Å²) in [5, 5.41) is 31.6. The molecule has 11 heteroatoms. The molecule has 0 saturated carbocycles. The molecule has 0 aliphatic carbocycles. The minimum Gasteiger partial charge on any atom is -0.444 e. The zero-order valence-electron chi connectivity index (χ0n) is 30.5. The highest BCUT2D eigenvalue weighted by molar-refractivity contribution is 5.87. The number of rotatable bonds is 14. The van der Waals surface area contributed by atoms with Gasteiger partial charge in [-0.05, 0) is 83.8 Å². The van der Waals surface area contributed by atoms with Crippen LogP contribution in [0.15, 0.2) is 109 Å². The zero-order chi connectivity index (χ0) is 38.1. The van der Waals surface area contributed by atoms with Crippen LogP contribution in [0, 0.1) is 22.7 Å². The van der Waals surface area contributed by atoms with Gasteiger partial charge in [0.15, 0.2) is 11.6 Å². The molecule has 5 aromatic rings. The van der Waals surface area contributed by atoms with Crippen molar-refractivity contribution in [1.82, 2.24) is 25.5 Å². The summed E-state index contributed by atoms with van der Waals surface area (Å²) in [5.74, 6) is 0.510. The van der Waals surface area contributed by atoms with Crippen LogP contribution in [-0.4, -0.2) is 43.7 Å². The average molecular weight is 711 g/mol. The summed E-state index contributed by atoms with van der Waals surface area (Å²) in [7, 11) is 0. The average Bonchev–Trinajstić information content (AvgIpc) is 3.63. The smallest absolute Gasteiger partial charge is 0.408 e. The number of nitriles is 2. The van der Waals surface area contributed by atoms with Crippen molar-refractivity contribution in [3.8, 4) is 34.4 Å². The predicted octanol–water partition coefficient (Wildman–Crippen LogP) is 7.55. The van der Waals surface area contributed by atoms with Crippen LogP contribution in [0.1, 0.15) is 69.4 Å².